The first-order valence-corrected chi connectivity index (χ1v) is 5.15. The van der Waals surface area contributed by atoms with Gasteiger partial charge in [0.05, 0.1) is 6.10 Å². The Kier molecular flexibility index (Phi) is 4.62. The Morgan fingerprint density at radius 3 is 2.83 bits per heavy atom. The van der Waals surface area contributed by atoms with Crippen molar-refractivity contribution in [2.45, 2.75) is 39.2 Å². The lowest BCUT2D eigenvalue weighted by Gasteiger charge is -2.12. The van der Waals surface area contributed by atoms with Crippen molar-refractivity contribution >= 4 is 0 Å². The summed E-state index contributed by atoms with van der Waals surface area (Å²) in [6.45, 7) is 7.24. The molecule has 1 rings (SSSR count). The number of nitrogens with one attached hydrogen (secondary N) is 1. The van der Waals surface area contributed by atoms with Crippen LogP contribution >= 0.6 is 0 Å². The Bertz CT molecular complexity index is 112. The standard InChI is InChI=1S/C10H21NO/c1-3-11-8-9(2)12-7-6-10-4-5-10/h9-11H,3-8H2,1-2H3. The van der Waals surface area contributed by atoms with Gasteiger partial charge in [0, 0.05) is 13.2 Å². The molecule has 0 spiro atoms. The van der Waals surface area contributed by atoms with Crippen LogP contribution in [-0.2, 0) is 4.74 Å². The van der Waals surface area contributed by atoms with E-state index in [1.807, 2.05) is 0 Å². The van der Waals surface area contributed by atoms with E-state index in [4.69, 9.17) is 4.74 Å². The first-order valence-electron chi connectivity index (χ1n) is 5.15. The summed E-state index contributed by atoms with van der Waals surface area (Å²) in [5.41, 5.74) is 0. The van der Waals surface area contributed by atoms with Gasteiger partial charge in [-0.3, -0.25) is 0 Å². The Labute approximate surface area is 75.7 Å². The van der Waals surface area contributed by atoms with Gasteiger partial charge in [-0.15, -0.1) is 0 Å². The fourth-order valence-corrected chi connectivity index (χ4v) is 1.25. The summed E-state index contributed by atoms with van der Waals surface area (Å²) in [6, 6.07) is 0. The second kappa shape index (κ2) is 5.55. The van der Waals surface area contributed by atoms with Gasteiger partial charge in [0.15, 0.2) is 0 Å². The lowest BCUT2D eigenvalue weighted by Crippen LogP contribution is -2.26. The zero-order chi connectivity index (χ0) is 8.81. The number of hydrogen-bond acceptors (Lipinski definition) is 2. The van der Waals surface area contributed by atoms with E-state index in [2.05, 4.69) is 19.2 Å². The second-order valence-electron chi connectivity index (χ2n) is 3.72. The molecular formula is C10H21NO. The minimum Gasteiger partial charge on any atom is -0.377 e. The molecule has 2 nitrogen and oxygen atoms in total. The lowest BCUT2D eigenvalue weighted by atomic mass is 10.3. The molecule has 0 aromatic rings. The SMILES string of the molecule is CCNCC(C)OCCC1CC1. The summed E-state index contributed by atoms with van der Waals surface area (Å²) in [6.07, 6.45) is 4.52. The topological polar surface area (TPSA) is 21.3 Å². The molecule has 72 valence electrons. The van der Waals surface area contributed by atoms with E-state index in [-0.39, 0.29) is 0 Å². The van der Waals surface area contributed by atoms with E-state index >= 15 is 0 Å². The molecule has 1 saturated carbocycles. The monoisotopic (exact) mass is 171 g/mol. The quantitative estimate of drug-likeness (QED) is 0.630. The van der Waals surface area contributed by atoms with Crippen molar-refractivity contribution in [1.82, 2.24) is 5.32 Å². The highest BCUT2D eigenvalue weighted by Gasteiger charge is 2.20. The van der Waals surface area contributed by atoms with Gasteiger partial charge in [0.25, 0.3) is 0 Å². The summed E-state index contributed by atoms with van der Waals surface area (Å²) >= 11 is 0. The third-order valence-electron chi connectivity index (χ3n) is 2.31. The molecular weight excluding hydrogens is 150 g/mol. The molecule has 0 heterocycles. The van der Waals surface area contributed by atoms with Crippen molar-refractivity contribution < 1.29 is 4.74 Å². The zero-order valence-electron chi connectivity index (χ0n) is 8.31. The van der Waals surface area contributed by atoms with Crippen LogP contribution in [0.5, 0.6) is 0 Å². The Morgan fingerprint density at radius 1 is 1.50 bits per heavy atom. The first kappa shape index (κ1) is 10.0. The fraction of sp³-hybridized carbons (Fsp3) is 1.00. The molecule has 1 aliphatic rings. The highest BCUT2D eigenvalue weighted by Crippen LogP contribution is 2.32. The summed E-state index contributed by atoms with van der Waals surface area (Å²) in [7, 11) is 0. The van der Waals surface area contributed by atoms with E-state index in [1.165, 1.54) is 19.3 Å². The van der Waals surface area contributed by atoms with Crippen molar-refractivity contribution in [2.24, 2.45) is 5.92 Å². The van der Waals surface area contributed by atoms with Gasteiger partial charge >= 0.3 is 0 Å². The minimum absolute atomic E-state index is 0.378. The highest BCUT2D eigenvalue weighted by atomic mass is 16.5. The molecule has 1 atom stereocenters. The van der Waals surface area contributed by atoms with Crippen LogP contribution in [0, 0.1) is 5.92 Å². The Hall–Kier alpha value is -0.0800. The van der Waals surface area contributed by atoms with E-state index in [0.717, 1.165) is 25.6 Å². The average molecular weight is 171 g/mol. The molecule has 1 N–H and O–H groups in total. The lowest BCUT2D eigenvalue weighted by molar-refractivity contribution is 0.0621. The van der Waals surface area contributed by atoms with Crippen molar-refractivity contribution in [3.8, 4) is 0 Å². The Balaban J connectivity index is 1.83. The summed E-state index contributed by atoms with van der Waals surface area (Å²) in [5, 5.41) is 3.28. The van der Waals surface area contributed by atoms with Gasteiger partial charge in [0.2, 0.25) is 0 Å². The molecule has 0 bridgehead atoms. The van der Waals surface area contributed by atoms with Gasteiger partial charge < -0.3 is 10.1 Å². The van der Waals surface area contributed by atoms with Crippen molar-refractivity contribution in [3.63, 3.8) is 0 Å². The molecule has 1 aliphatic carbocycles. The summed E-state index contributed by atoms with van der Waals surface area (Å²) < 4.78 is 5.63. The first-order chi connectivity index (χ1) is 5.83. The maximum Gasteiger partial charge on any atom is 0.0671 e. The van der Waals surface area contributed by atoms with Crippen molar-refractivity contribution in [1.29, 1.82) is 0 Å². The van der Waals surface area contributed by atoms with Gasteiger partial charge in [-0.1, -0.05) is 19.8 Å². The summed E-state index contributed by atoms with van der Waals surface area (Å²) in [5.74, 6) is 0.997. The molecule has 0 aromatic carbocycles. The zero-order valence-corrected chi connectivity index (χ0v) is 8.31. The molecule has 12 heavy (non-hydrogen) atoms. The largest absolute Gasteiger partial charge is 0.377 e. The maximum absolute atomic E-state index is 5.63. The van der Waals surface area contributed by atoms with Crippen LogP contribution in [-0.4, -0.2) is 25.8 Å². The smallest absolute Gasteiger partial charge is 0.0671 e. The van der Waals surface area contributed by atoms with Crippen molar-refractivity contribution in [3.05, 3.63) is 0 Å². The predicted octanol–water partition coefficient (Wildman–Crippen LogP) is 1.80. The van der Waals surface area contributed by atoms with Gasteiger partial charge in [-0.25, -0.2) is 0 Å². The molecule has 0 saturated heterocycles. The van der Waals surface area contributed by atoms with Crippen LogP contribution in [0.3, 0.4) is 0 Å². The molecule has 0 amide bonds. The highest BCUT2D eigenvalue weighted by molar-refractivity contribution is 4.72. The molecule has 1 fully saturated rings. The van der Waals surface area contributed by atoms with Crippen LogP contribution in [0.1, 0.15) is 33.1 Å². The van der Waals surface area contributed by atoms with Gasteiger partial charge in [0.1, 0.15) is 0 Å². The van der Waals surface area contributed by atoms with Gasteiger partial charge in [-0.2, -0.15) is 0 Å². The van der Waals surface area contributed by atoms with Crippen LogP contribution in [0.25, 0.3) is 0 Å². The number of likely N-dealkylation sites (N-methyl/N-ethyl adjacent to an activating group) is 1. The fourth-order valence-electron chi connectivity index (χ4n) is 1.25. The number of hydrogen-bond donors (Lipinski definition) is 1. The number of rotatable bonds is 7. The normalized spacial score (nSPS) is 19.5. The van der Waals surface area contributed by atoms with Crippen LogP contribution in [0.15, 0.2) is 0 Å². The third kappa shape index (κ3) is 4.73. The molecule has 1 unspecified atom stereocenters. The van der Waals surface area contributed by atoms with E-state index < -0.39 is 0 Å². The van der Waals surface area contributed by atoms with Crippen LogP contribution < -0.4 is 5.32 Å². The second-order valence-corrected chi connectivity index (χ2v) is 3.72. The predicted molar refractivity (Wildman–Crippen MR) is 51.3 cm³/mol. The van der Waals surface area contributed by atoms with E-state index in [1.54, 1.807) is 0 Å². The molecule has 0 radical (unpaired) electrons. The van der Waals surface area contributed by atoms with Crippen LogP contribution in [0.4, 0.5) is 0 Å². The molecule has 0 aromatic heterocycles. The third-order valence-corrected chi connectivity index (χ3v) is 2.31. The Morgan fingerprint density at radius 2 is 2.25 bits per heavy atom. The molecule has 2 heteroatoms. The van der Waals surface area contributed by atoms with Gasteiger partial charge in [-0.05, 0) is 25.8 Å². The van der Waals surface area contributed by atoms with Crippen molar-refractivity contribution in [2.75, 3.05) is 19.7 Å². The maximum atomic E-state index is 5.63. The number of ether oxygens (including phenoxy) is 1. The molecule has 0 aliphatic heterocycles. The summed E-state index contributed by atoms with van der Waals surface area (Å²) in [4.78, 5) is 0. The average Bonchev–Trinajstić information content (AvgIpc) is 2.84. The van der Waals surface area contributed by atoms with E-state index in [9.17, 15) is 0 Å². The van der Waals surface area contributed by atoms with Crippen LogP contribution in [0.2, 0.25) is 0 Å². The minimum atomic E-state index is 0.378. The van der Waals surface area contributed by atoms with E-state index in [0.29, 0.717) is 6.10 Å².